The number of aromatic nitrogens is 2. The van der Waals surface area contributed by atoms with Gasteiger partial charge in [-0.25, -0.2) is 0 Å². The molecule has 0 aliphatic heterocycles. The number of benzene rings is 1. The first-order valence-electron chi connectivity index (χ1n) is 6.87. The third-order valence-electron chi connectivity index (χ3n) is 4.36. The normalized spacial score (nSPS) is 17.4. The molecule has 3 rings (SSSR count). The van der Waals surface area contributed by atoms with Crippen LogP contribution in [0.1, 0.15) is 37.8 Å². The van der Waals surface area contributed by atoms with Crippen LogP contribution in [-0.4, -0.2) is 15.3 Å². The molecule has 0 spiro atoms. The van der Waals surface area contributed by atoms with Gasteiger partial charge in [0, 0.05) is 17.2 Å². The van der Waals surface area contributed by atoms with Gasteiger partial charge < -0.3 is 5.73 Å². The molecule has 1 aliphatic carbocycles. The lowest BCUT2D eigenvalue weighted by molar-refractivity contribution is 0.391. The van der Waals surface area contributed by atoms with Crippen LogP contribution in [0.5, 0.6) is 0 Å². The van der Waals surface area contributed by atoms with Crippen molar-refractivity contribution in [1.82, 2.24) is 9.78 Å². The lowest BCUT2D eigenvalue weighted by Crippen LogP contribution is -2.45. The van der Waals surface area contributed by atoms with Gasteiger partial charge in [-0.1, -0.05) is 30.3 Å². The summed E-state index contributed by atoms with van der Waals surface area (Å²) in [4.78, 5) is 0. The fourth-order valence-electron chi connectivity index (χ4n) is 2.90. The zero-order valence-corrected chi connectivity index (χ0v) is 11.6. The third-order valence-corrected chi connectivity index (χ3v) is 4.36. The topological polar surface area (TPSA) is 43.8 Å². The van der Waals surface area contributed by atoms with Gasteiger partial charge in [-0.05, 0) is 37.8 Å². The lowest BCUT2D eigenvalue weighted by Gasteiger charge is -2.29. The Morgan fingerprint density at radius 1 is 1.26 bits per heavy atom. The van der Waals surface area contributed by atoms with Crippen LogP contribution in [0.2, 0.25) is 0 Å². The van der Waals surface area contributed by atoms with Gasteiger partial charge in [-0.2, -0.15) is 5.10 Å². The zero-order valence-electron chi connectivity index (χ0n) is 11.6. The van der Waals surface area contributed by atoms with E-state index in [1.54, 1.807) is 0 Å². The highest BCUT2D eigenvalue weighted by Gasteiger charge is 2.54. The first-order chi connectivity index (χ1) is 9.01. The molecule has 3 nitrogen and oxygen atoms in total. The molecule has 0 atom stereocenters. The maximum Gasteiger partial charge on any atom is 0.0659 e. The molecular weight excluding hydrogens is 234 g/mol. The smallest absolute Gasteiger partial charge is 0.0659 e. The molecule has 100 valence electrons. The van der Waals surface area contributed by atoms with Crippen LogP contribution < -0.4 is 5.73 Å². The number of nitrogens with zero attached hydrogens (tertiary/aromatic N) is 2. The van der Waals surface area contributed by atoms with Crippen LogP contribution in [0.4, 0.5) is 0 Å². The van der Waals surface area contributed by atoms with Gasteiger partial charge in [0.2, 0.25) is 0 Å². The van der Waals surface area contributed by atoms with E-state index in [0.717, 1.165) is 6.54 Å². The minimum atomic E-state index is -0.173. The van der Waals surface area contributed by atoms with Crippen molar-refractivity contribution in [2.45, 2.75) is 44.2 Å². The Morgan fingerprint density at radius 3 is 2.53 bits per heavy atom. The van der Waals surface area contributed by atoms with Crippen LogP contribution >= 0.6 is 0 Å². The predicted molar refractivity (Wildman–Crippen MR) is 76.9 cm³/mol. The Morgan fingerprint density at radius 2 is 1.95 bits per heavy atom. The van der Waals surface area contributed by atoms with Crippen molar-refractivity contribution in [2.75, 3.05) is 0 Å². The monoisotopic (exact) mass is 255 g/mol. The standard InChI is InChI=1S/C16H21N3/c1-15(2,17)16(8-9-16)14-10-18-19(12-14)11-13-6-4-3-5-7-13/h3-7,10,12H,8-9,11,17H2,1-2H3. The molecule has 0 saturated heterocycles. The summed E-state index contributed by atoms with van der Waals surface area (Å²) in [6.45, 7) is 5.06. The van der Waals surface area contributed by atoms with E-state index in [-0.39, 0.29) is 11.0 Å². The highest BCUT2D eigenvalue weighted by Crippen LogP contribution is 2.54. The second-order valence-corrected chi connectivity index (χ2v) is 6.22. The quantitative estimate of drug-likeness (QED) is 0.913. The fourth-order valence-corrected chi connectivity index (χ4v) is 2.90. The van der Waals surface area contributed by atoms with Gasteiger partial charge in [-0.3, -0.25) is 4.68 Å². The minimum Gasteiger partial charge on any atom is -0.325 e. The molecule has 1 aromatic heterocycles. The Balaban J connectivity index is 1.81. The molecule has 1 fully saturated rings. The van der Waals surface area contributed by atoms with Crippen molar-refractivity contribution < 1.29 is 0 Å². The summed E-state index contributed by atoms with van der Waals surface area (Å²) in [6, 6.07) is 10.4. The van der Waals surface area contributed by atoms with Crippen molar-refractivity contribution in [3.05, 3.63) is 53.9 Å². The summed E-state index contributed by atoms with van der Waals surface area (Å²) in [5, 5.41) is 4.49. The molecule has 1 saturated carbocycles. The molecule has 1 heterocycles. The number of rotatable bonds is 4. The first-order valence-corrected chi connectivity index (χ1v) is 6.87. The first kappa shape index (κ1) is 12.4. The van der Waals surface area contributed by atoms with Crippen molar-refractivity contribution in [2.24, 2.45) is 5.73 Å². The fraction of sp³-hybridized carbons (Fsp3) is 0.438. The third kappa shape index (κ3) is 2.19. The van der Waals surface area contributed by atoms with E-state index >= 15 is 0 Å². The summed E-state index contributed by atoms with van der Waals surface area (Å²) >= 11 is 0. The van der Waals surface area contributed by atoms with Gasteiger partial charge in [0.1, 0.15) is 0 Å². The van der Waals surface area contributed by atoms with Gasteiger partial charge in [0.15, 0.2) is 0 Å². The molecule has 0 amide bonds. The summed E-state index contributed by atoms with van der Waals surface area (Å²) < 4.78 is 2.01. The number of hydrogen-bond acceptors (Lipinski definition) is 2. The van der Waals surface area contributed by atoms with Gasteiger partial charge in [0.05, 0.1) is 12.7 Å². The Labute approximate surface area is 114 Å². The average Bonchev–Trinajstić information content (AvgIpc) is 3.07. The molecule has 2 aromatic rings. The second kappa shape index (κ2) is 4.20. The van der Waals surface area contributed by atoms with E-state index in [1.807, 2.05) is 16.9 Å². The lowest BCUT2D eigenvalue weighted by atomic mass is 9.81. The van der Waals surface area contributed by atoms with Crippen molar-refractivity contribution in [3.8, 4) is 0 Å². The van der Waals surface area contributed by atoms with Gasteiger partial charge in [-0.15, -0.1) is 0 Å². The molecule has 1 aromatic carbocycles. The number of nitrogens with two attached hydrogens (primary N) is 1. The van der Waals surface area contributed by atoms with Crippen molar-refractivity contribution >= 4 is 0 Å². The van der Waals surface area contributed by atoms with Gasteiger partial charge >= 0.3 is 0 Å². The summed E-state index contributed by atoms with van der Waals surface area (Å²) in [7, 11) is 0. The van der Waals surface area contributed by atoms with Crippen LogP contribution in [0.3, 0.4) is 0 Å². The average molecular weight is 255 g/mol. The molecule has 2 N–H and O–H groups in total. The predicted octanol–water partition coefficient (Wildman–Crippen LogP) is 2.70. The van der Waals surface area contributed by atoms with Crippen LogP contribution in [0.15, 0.2) is 42.7 Å². The molecular formula is C16H21N3. The maximum absolute atomic E-state index is 6.33. The highest BCUT2D eigenvalue weighted by atomic mass is 15.3. The zero-order chi connectivity index (χ0) is 13.5. The van der Waals surface area contributed by atoms with Crippen LogP contribution in [-0.2, 0) is 12.0 Å². The molecule has 3 heteroatoms. The van der Waals surface area contributed by atoms with E-state index in [2.05, 4.69) is 49.4 Å². The highest BCUT2D eigenvalue weighted by molar-refractivity contribution is 5.33. The van der Waals surface area contributed by atoms with E-state index in [1.165, 1.54) is 24.0 Å². The molecule has 1 aliphatic rings. The van der Waals surface area contributed by atoms with Crippen LogP contribution in [0, 0.1) is 0 Å². The summed E-state index contributed by atoms with van der Waals surface area (Å²) in [5.41, 5.74) is 8.86. The SMILES string of the molecule is CC(C)(N)C1(c2cnn(Cc3ccccc3)c2)CC1. The van der Waals surface area contributed by atoms with Crippen molar-refractivity contribution in [3.63, 3.8) is 0 Å². The Hall–Kier alpha value is -1.61. The second-order valence-electron chi connectivity index (χ2n) is 6.22. The van der Waals surface area contributed by atoms with Crippen molar-refractivity contribution in [1.29, 1.82) is 0 Å². The maximum atomic E-state index is 6.33. The van der Waals surface area contributed by atoms with E-state index < -0.39 is 0 Å². The van der Waals surface area contributed by atoms with E-state index in [9.17, 15) is 0 Å². The molecule has 0 bridgehead atoms. The van der Waals surface area contributed by atoms with E-state index in [4.69, 9.17) is 5.73 Å². The van der Waals surface area contributed by atoms with Gasteiger partial charge in [0.25, 0.3) is 0 Å². The molecule has 0 unspecified atom stereocenters. The largest absolute Gasteiger partial charge is 0.325 e. The Kier molecular flexibility index (Phi) is 2.75. The Bertz CT molecular complexity index is 559. The molecule has 19 heavy (non-hydrogen) atoms. The minimum absolute atomic E-state index is 0.141. The number of hydrogen-bond donors (Lipinski definition) is 1. The summed E-state index contributed by atoms with van der Waals surface area (Å²) in [6.07, 6.45) is 6.50. The van der Waals surface area contributed by atoms with E-state index in [0.29, 0.717) is 0 Å². The molecule has 0 radical (unpaired) electrons. The summed E-state index contributed by atoms with van der Waals surface area (Å²) in [5.74, 6) is 0. The van der Waals surface area contributed by atoms with Crippen LogP contribution in [0.25, 0.3) is 0 Å².